The number of aryl methyl sites for hydroxylation is 1. The Morgan fingerprint density at radius 1 is 1.00 bits per heavy atom. The van der Waals surface area contributed by atoms with Crippen LogP contribution in [0.15, 0.2) is 82.8 Å². The highest BCUT2D eigenvalue weighted by Crippen LogP contribution is 2.28. The van der Waals surface area contributed by atoms with Crippen LogP contribution in [0, 0.1) is 13.8 Å². The molecule has 0 unspecified atom stereocenters. The number of benzene rings is 3. The van der Waals surface area contributed by atoms with Crippen LogP contribution in [-0.2, 0) is 14.8 Å². The fraction of sp³-hybridized carbons (Fsp3) is 0.130. The molecule has 0 aromatic heterocycles. The molecule has 0 saturated heterocycles. The minimum absolute atomic E-state index is 0.100. The van der Waals surface area contributed by atoms with E-state index in [0.717, 1.165) is 15.4 Å². The first kappa shape index (κ1) is 22.5. The second-order valence-corrected chi connectivity index (χ2v) is 9.13. The summed E-state index contributed by atoms with van der Waals surface area (Å²) in [6.07, 6.45) is 1.41. The molecule has 0 heterocycles. The lowest BCUT2D eigenvalue weighted by atomic mass is 10.1. The molecular weight excluding hydrogens is 434 g/mol. The standard InChI is InChI=1S/C23H22ClN3O3S/c1-17-9-8-14-22(18(17)2)27(31(29,30)20-11-4-3-5-12-20)16-23(28)26-25-15-19-10-6-7-13-21(19)24/h3-15H,16H2,1-2H3,(H,26,28)/b25-15-. The van der Waals surface area contributed by atoms with Crippen LogP contribution in [0.4, 0.5) is 5.69 Å². The van der Waals surface area contributed by atoms with Crippen LogP contribution in [0.5, 0.6) is 0 Å². The first-order chi connectivity index (χ1) is 14.8. The van der Waals surface area contributed by atoms with Crippen molar-refractivity contribution in [3.8, 4) is 0 Å². The fourth-order valence-electron chi connectivity index (χ4n) is 2.94. The molecule has 0 saturated carbocycles. The van der Waals surface area contributed by atoms with Crippen LogP contribution in [0.2, 0.25) is 5.02 Å². The molecule has 6 nitrogen and oxygen atoms in total. The summed E-state index contributed by atoms with van der Waals surface area (Å²) < 4.78 is 27.8. The molecule has 160 valence electrons. The number of nitrogens with zero attached hydrogens (tertiary/aromatic N) is 2. The van der Waals surface area contributed by atoms with E-state index >= 15 is 0 Å². The van der Waals surface area contributed by atoms with E-state index in [1.54, 1.807) is 54.6 Å². The van der Waals surface area contributed by atoms with Gasteiger partial charge in [-0.25, -0.2) is 13.8 Å². The molecule has 0 atom stereocenters. The summed E-state index contributed by atoms with van der Waals surface area (Å²) in [4.78, 5) is 12.7. The van der Waals surface area contributed by atoms with Gasteiger partial charge in [-0.15, -0.1) is 0 Å². The van der Waals surface area contributed by atoms with Crippen LogP contribution in [0.25, 0.3) is 0 Å². The van der Waals surface area contributed by atoms with E-state index in [4.69, 9.17) is 11.6 Å². The molecule has 0 radical (unpaired) electrons. The number of nitrogens with one attached hydrogen (secondary N) is 1. The van der Waals surface area contributed by atoms with Crippen molar-refractivity contribution >= 4 is 39.4 Å². The van der Waals surface area contributed by atoms with Gasteiger partial charge in [0.2, 0.25) is 0 Å². The van der Waals surface area contributed by atoms with E-state index in [1.165, 1.54) is 18.3 Å². The fourth-order valence-corrected chi connectivity index (χ4v) is 4.63. The maximum atomic E-state index is 13.4. The number of carbonyl (C=O) groups is 1. The molecular formula is C23H22ClN3O3S. The number of anilines is 1. The summed E-state index contributed by atoms with van der Waals surface area (Å²) in [6.45, 7) is 3.28. The maximum Gasteiger partial charge on any atom is 0.264 e. The van der Waals surface area contributed by atoms with Crippen molar-refractivity contribution in [2.75, 3.05) is 10.8 Å². The number of carbonyl (C=O) groups excluding carboxylic acids is 1. The van der Waals surface area contributed by atoms with Crippen LogP contribution in [0.1, 0.15) is 16.7 Å². The third kappa shape index (κ3) is 5.31. The Hall–Kier alpha value is -3.16. The van der Waals surface area contributed by atoms with Gasteiger partial charge < -0.3 is 0 Å². The number of amides is 1. The molecule has 3 aromatic rings. The maximum absolute atomic E-state index is 13.4. The van der Waals surface area contributed by atoms with Gasteiger partial charge in [-0.2, -0.15) is 5.10 Å². The minimum atomic E-state index is -3.97. The smallest absolute Gasteiger partial charge is 0.264 e. The number of hydrogen-bond acceptors (Lipinski definition) is 4. The van der Waals surface area contributed by atoms with E-state index in [1.807, 2.05) is 19.9 Å². The lowest BCUT2D eigenvalue weighted by molar-refractivity contribution is -0.119. The van der Waals surface area contributed by atoms with Gasteiger partial charge in [0.05, 0.1) is 16.8 Å². The van der Waals surface area contributed by atoms with Crippen molar-refractivity contribution in [3.63, 3.8) is 0 Å². The molecule has 0 fully saturated rings. The first-order valence-electron chi connectivity index (χ1n) is 9.51. The Morgan fingerprint density at radius 3 is 2.39 bits per heavy atom. The topological polar surface area (TPSA) is 78.8 Å². The summed E-state index contributed by atoms with van der Waals surface area (Å²) in [5.74, 6) is -0.580. The first-order valence-corrected chi connectivity index (χ1v) is 11.3. The highest BCUT2D eigenvalue weighted by Gasteiger charge is 2.28. The molecule has 0 spiro atoms. The quantitative estimate of drug-likeness (QED) is 0.426. The normalized spacial score (nSPS) is 11.5. The van der Waals surface area contributed by atoms with Gasteiger partial charge in [0, 0.05) is 10.6 Å². The molecule has 0 aliphatic carbocycles. The molecule has 1 amide bonds. The highest BCUT2D eigenvalue weighted by molar-refractivity contribution is 7.92. The molecule has 3 aromatic carbocycles. The molecule has 8 heteroatoms. The van der Waals surface area contributed by atoms with Crippen molar-refractivity contribution in [3.05, 3.63) is 94.5 Å². The van der Waals surface area contributed by atoms with Gasteiger partial charge >= 0.3 is 0 Å². The van der Waals surface area contributed by atoms with E-state index in [0.29, 0.717) is 16.3 Å². The average molecular weight is 456 g/mol. The Morgan fingerprint density at radius 2 is 1.68 bits per heavy atom. The lowest BCUT2D eigenvalue weighted by Gasteiger charge is -2.26. The van der Waals surface area contributed by atoms with Gasteiger partial charge in [0.1, 0.15) is 6.54 Å². The van der Waals surface area contributed by atoms with Crippen molar-refractivity contribution in [1.82, 2.24) is 5.43 Å². The van der Waals surface area contributed by atoms with Gasteiger partial charge in [-0.3, -0.25) is 9.10 Å². The van der Waals surface area contributed by atoms with Gasteiger partial charge in [0.25, 0.3) is 15.9 Å². The van der Waals surface area contributed by atoms with E-state index in [-0.39, 0.29) is 4.90 Å². The number of rotatable bonds is 7. The van der Waals surface area contributed by atoms with Gasteiger partial charge in [-0.1, -0.05) is 60.1 Å². The zero-order valence-electron chi connectivity index (χ0n) is 17.1. The molecule has 3 rings (SSSR count). The molecule has 0 aliphatic rings. The summed E-state index contributed by atoms with van der Waals surface area (Å²) in [5.41, 5.74) is 5.15. The predicted octanol–water partition coefficient (Wildman–Crippen LogP) is 4.30. The Bertz CT molecular complexity index is 1210. The van der Waals surface area contributed by atoms with Crippen molar-refractivity contribution < 1.29 is 13.2 Å². The SMILES string of the molecule is Cc1cccc(N(CC(=O)N/N=C\c2ccccc2Cl)S(=O)(=O)c2ccccc2)c1C. The number of hydrazone groups is 1. The van der Waals surface area contributed by atoms with Crippen molar-refractivity contribution in [1.29, 1.82) is 0 Å². The van der Waals surface area contributed by atoms with Crippen LogP contribution in [0.3, 0.4) is 0 Å². The Balaban J connectivity index is 1.89. The molecule has 0 bridgehead atoms. The predicted molar refractivity (Wildman–Crippen MR) is 124 cm³/mol. The lowest BCUT2D eigenvalue weighted by Crippen LogP contribution is -2.40. The third-order valence-electron chi connectivity index (χ3n) is 4.76. The van der Waals surface area contributed by atoms with Gasteiger partial charge in [-0.05, 0) is 49.2 Å². The zero-order valence-corrected chi connectivity index (χ0v) is 18.7. The van der Waals surface area contributed by atoms with E-state index in [2.05, 4.69) is 10.5 Å². The Kier molecular flexibility index (Phi) is 7.09. The number of sulfonamides is 1. The monoisotopic (exact) mass is 455 g/mol. The second kappa shape index (κ2) is 9.76. The summed E-state index contributed by atoms with van der Waals surface area (Å²) in [7, 11) is -3.97. The summed E-state index contributed by atoms with van der Waals surface area (Å²) >= 11 is 6.07. The van der Waals surface area contributed by atoms with Crippen LogP contribution >= 0.6 is 11.6 Å². The molecule has 0 aliphatic heterocycles. The summed E-state index contributed by atoms with van der Waals surface area (Å²) in [6, 6.07) is 20.4. The zero-order chi connectivity index (χ0) is 22.4. The third-order valence-corrected chi connectivity index (χ3v) is 6.88. The van der Waals surface area contributed by atoms with E-state index < -0.39 is 22.5 Å². The highest BCUT2D eigenvalue weighted by atomic mass is 35.5. The van der Waals surface area contributed by atoms with Crippen LogP contribution in [-0.4, -0.2) is 27.1 Å². The van der Waals surface area contributed by atoms with E-state index in [9.17, 15) is 13.2 Å². The largest absolute Gasteiger partial charge is 0.271 e. The number of hydrogen-bond donors (Lipinski definition) is 1. The van der Waals surface area contributed by atoms with Crippen molar-refractivity contribution in [2.45, 2.75) is 18.7 Å². The second-order valence-electron chi connectivity index (χ2n) is 6.86. The average Bonchev–Trinajstić information content (AvgIpc) is 2.76. The molecule has 31 heavy (non-hydrogen) atoms. The minimum Gasteiger partial charge on any atom is -0.271 e. The molecule has 1 N–H and O–H groups in total. The summed E-state index contributed by atoms with van der Waals surface area (Å²) in [5, 5.41) is 4.40. The number of halogens is 1. The van der Waals surface area contributed by atoms with Gasteiger partial charge in [0.15, 0.2) is 0 Å². The van der Waals surface area contributed by atoms with Crippen LogP contribution < -0.4 is 9.73 Å². The van der Waals surface area contributed by atoms with Crippen molar-refractivity contribution in [2.24, 2.45) is 5.10 Å². The Labute approximate surface area is 187 Å².